The number of carbonyl (C=O) groups excluding carboxylic acids is 1. The Bertz CT molecular complexity index is 814. The lowest BCUT2D eigenvalue weighted by Gasteiger charge is -2.21. The lowest BCUT2D eigenvalue weighted by atomic mass is 10.1. The third kappa shape index (κ3) is 4.30. The van der Waals surface area contributed by atoms with Gasteiger partial charge in [0.1, 0.15) is 5.75 Å². The summed E-state index contributed by atoms with van der Waals surface area (Å²) < 4.78 is 7.75. The van der Waals surface area contributed by atoms with Gasteiger partial charge < -0.3 is 14.6 Å². The van der Waals surface area contributed by atoms with Gasteiger partial charge in [-0.1, -0.05) is 37.3 Å². The fourth-order valence-corrected chi connectivity index (χ4v) is 2.72. The minimum Gasteiger partial charge on any atom is -0.481 e. The minimum atomic E-state index is -0.509. The van der Waals surface area contributed by atoms with Crippen LogP contribution in [0.25, 0.3) is 5.69 Å². The molecule has 1 heterocycles. The first-order chi connectivity index (χ1) is 12.7. The molecule has 134 valence electrons. The normalized spacial score (nSPS) is 13.0. The zero-order valence-corrected chi connectivity index (χ0v) is 15.0. The van der Waals surface area contributed by atoms with Gasteiger partial charge in [0, 0.05) is 18.1 Å². The standard InChI is InChI=1S/C21H23N3O2/c1-3-20(26-19-7-5-4-6-8-19)21(25)23-16(2)17-9-11-18(12-10-17)24-14-13-22-15-24/h4-16,20H,3H2,1-2H3,(H,23,25)/t16-,20-/m1/s1. The highest BCUT2D eigenvalue weighted by molar-refractivity contribution is 5.81. The Morgan fingerprint density at radius 2 is 1.88 bits per heavy atom. The van der Waals surface area contributed by atoms with Crippen molar-refractivity contribution in [3.05, 3.63) is 78.9 Å². The van der Waals surface area contributed by atoms with E-state index in [0.29, 0.717) is 12.2 Å². The summed E-state index contributed by atoms with van der Waals surface area (Å²) in [6, 6.07) is 17.4. The molecule has 0 aliphatic carbocycles. The van der Waals surface area contributed by atoms with E-state index in [1.165, 1.54) is 0 Å². The number of hydrogen-bond donors (Lipinski definition) is 1. The Labute approximate surface area is 153 Å². The Kier molecular flexibility index (Phi) is 5.69. The maximum atomic E-state index is 12.6. The fourth-order valence-electron chi connectivity index (χ4n) is 2.72. The molecule has 0 saturated carbocycles. The van der Waals surface area contributed by atoms with E-state index >= 15 is 0 Å². The molecule has 5 heteroatoms. The number of nitrogens with zero attached hydrogens (tertiary/aromatic N) is 2. The molecule has 0 fully saturated rings. The van der Waals surface area contributed by atoms with Crippen LogP contribution in [-0.4, -0.2) is 21.6 Å². The molecule has 3 rings (SSSR count). The van der Waals surface area contributed by atoms with Crippen LogP contribution in [-0.2, 0) is 4.79 Å². The number of benzene rings is 2. The number of amides is 1. The van der Waals surface area contributed by atoms with E-state index < -0.39 is 6.10 Å². The van der Waals surface area contributed by atoms with Gasteiger partial charge in [-0.05, 0) is 43.2 Å². The van der Waals surface area contributed by atoms with Gasteiger partial charge in [-0.3, -0.25) is 4.79 Å². The molecule has 2 atom stereocenters. The Hall–Kier alpha value is -3.08. The molecule has 0 aliphatic rings. The van der Waals surface area contributed by atoms with Gasteiger partial charge in [-0.2, -0.15) is 0 Å². The van der Waals surface area contributed by atoms with Crippen molar-refractivity contribution in [3.8, 4) is 11.4 Å². The van der Waals surface area contributed by atoms with Gasteiger partial charge >= 0.3 is 0 Å². The average molecular weight is 349 g/mol. The van der Waals surface area contributed by atoms with Gasteiger partial charge in [-0.25, -0.2) is 4.98 Å². The van der Waals surface area contributed by atoms with Gasteiger partial charge in [0.25, 0.3) is 5.91 Å². The lowest BCUT2D eigenvalue weighted by Crippen LogP contribution is -2.39. The van der Waals surface area contributed by atoms with Crippen molar-refractivity contribution >= 4 is 5.91 Å². The number of ether oxygens (including phenoxy) is 1. The van der Waals surface area contributed by atoms with Crippen molar-refractivity contribution in [1.82, 2.24) is 14.9 Å². The van der Waals surface area contributed by atoms with E-state index in [1.54, 1.807) is 12.5 Å². The third-order valence-corrected chi connectivity index (χ3v) is 4.24. The quantitative estimate of drug-likeness (QED) is 0.704. The van der Waals surface area contributed by atoms with Crippen LogP contribution >= 0.6 is 0 Å². The van der Waals surface area contributed by atoms with Gasteiger partial charge in [0.2, 0.25) is 0 Å². The second kappa shape index (κ2) is 8.34. The van der Waals surface area contributed by atoms with Crippen molar-refractivity contribution < 1.29 is 9.53 Å². The molecule has 2 aromatic carbocycles. The molecule has 0 bridgehead atoms. The topological polar surface area (TPSA) is 56.1 Å². The van der Waals surface area contributed by atoms with Crippen molar-refractivity contribution in [2.45, 2.75) is 32.4 Å². The summed E-state index contributed by atoms with van der Waals surface area (Å²) in [5.74, 6) is 0.592. The zero-order chi connectivity index (χ0) is 18.4. The number of rotatable bonds is 7. The minimum absolute atomic E-state index is 0.104. The molecule has 0 aliphatic heterocycles. The number of hydrogen-bond acceptors (Lipinski definition) is 3. The molecule has 1 N–H and O–H groups in total. The van der Waals surface area contributed by atoms with Crippen molar-refractivity contribution in [2.75, 3.05) is 0 Å². The lowest BCUT2D eigenvalue weighted by molar-refractivity contribution is -0.128. The number of nitrogens with one attached hydrogen (secondary N) is 1. The second-order valence-corrected chi connectivity index (χ2v) is 6.12. The smallest absolute Gasteiger partial charge is 0.261 e. The SMILES string of the molecule is CC[C@@H](Oc1ccccc1)C(=O)N[C@H](C)c1ccc(-n2ccnc2)cc1. The summed E-state index contributed by atoms with van der Waals surface area (Å²) in [5, 5.41) is 3.04. The molecular formula is C21H23N3O2. The van der Waals surface area contributed by atoms with E-state index in [-0.39, 0.29) is 11.9 Å². The van der Waals surface area contributed by atoms with Crippen LogP contribution in [0.1, 0.15) is 31.9 Å². The van der Waals surface area contributed by atoms with E-state index in [9.17, 15) is 4.79 Å². The highest BCUT2D eigenvalue weighted by Crippen LogP contribution is 2.17. The van der Waals surface area contributed by atoms with Crippen molar-refractivity contribution in [3.63, 3.8) is 0 Å². The van der Waals surface area contributed by atoms with E-state index in [2.05, 4.69) is 10.3 Å². The van der Waals surface area contributed by atoms with Gasteiger partial charge in [0.15, 0.2) is 6.10 Å². The summed E-state index contributed by atoms with van der Waals surface area (Å²) in [4.78, 5) is 16.6. The van der Waals surface area contributed by atoms with Crippen LogP contribution < -0.4 is 10.1 Å². The van der Waals surface area contributed by atoms with Crippen LogP contribution in [0.3, 0.4) is 0 Å². The second-order valence-electron chi connectivity index (χ2n) is 6.12. The third-order valence-electron chi connectivity index (χ3n) is 4.24. The molecule has 3 aromatic rings. The number of imidazole rings is 1. The number of para-hydroxylation sites is 1. The molecule has 0 spiro atoms. The van der Waals surface area contributed by atoms with Crippen molar-refractivity contribution in [1.29, 1.82) is 0 Å². The van der Waals surface area contributed by atoms with E-state index in [1.807, 2.05) is 79.2 Å². The van der Waals surface area contributed by atoms with E-state index in [0.717, 1.165) is 11.3 Å². The Balaban J connectivity index is 1.62. The van der Waals surface area contributed by atoms with Gasteiger partial charge in [-0.15, -0.1) is 0 Å². The molecular weight excluding hydrogens is 326 g/mol. The molecule has 0 unspecified atom stereocenters. The van der Waals surface area contributed by atoms with Crippen LogP contribution in [0.15, 0.2) is 73.3 Å². The predicted octanol–water partition coefficient (Wildman–Crippen LogP) is 3.91. The van der Waals surface area contributed by atoms with Crippen LogP contribution in [0.4, 0.5) is 0 Å². The van der Waals surface area contributed by atoms with Crippen LogP contribution in [0.2, 0.25) is 0 Å². The fraction of sp³-hybridized carbons (Fsp3) is 0.238. The number of carbonyl (C=O) groups is 1. The Morgan fingerprint density at radius 3 is 2.50 bits per heavy atom. The maximum Gasteiger partial charge on any atom is 0.261 e. The molecule has 0 saturated heterocycles. The van der Waals surface area contributed by atoms with Crippen LogP contribution in [0, 0.1) is 0 Å². The van der Waals surface area contributed by atoms with E-state index in [4.69, 9.17) is 4.74 Å². The summed E-state index contributed by atoms with van der Waals surface area (Å²) in [7, 11) is 0. The highest BCUT2D eigenvalue weighted by Gasteiger charge is 2.20. The first-order valence-electron chi connectivity index (χ1n) is 8.77. The molecule has 1 amide bonds. The summed E-state index contributed by atoms with van der Waals surface area (Å²) in [5.41, 5.74) is 2.07. The largest absolute Gasteiger partial charge is 0.481 e. The first kappa shape index (κ1) is 17.7. The van der Waals surface area contributed by atoms with Crippen LogP contribution in [0.5, 0.6) is 5.75 Å². The number of aromatic nitrogens is 2. The summed E-state index contributed by atoms with van der Waals surface area (Å²) in [6.07, 6.45) is 5.49. The first-order valence-corrected chi connectivity index (χ1v) is 8.77. The molecule has 5 nitrogen and oxygen atoms in total. The Morgan fingerprint density at radius 1 is 1.15 bits per heavy atom. The van der Waals surface area contributed by atoms with Crippen molar-refractivity contribution in [2.24, 2.45) is 0 Å². The highest BCUT2D eigenvalue weighted by atomic mass is 16.5. The summed E-state index contributed by atoms with van der Waals surface area (Å²) >= 11 is 0. The molecule has 0 radical (unpaired) electrons. The zero-order valence-electron chi connectivity index (χ0n) is 15.0. The average Bonchev–Trinajstić information content (AvgIpc) is 3.21. The molecule has 26 heavy (non-hydrogen) atoms. The maximum absolute atomic E-state index is 12.6. The predicted molar refractivity (Wildman–Crippen MR) is 101 cm³/mol. The van der Waals surface area contributed by atoms with Gasteiger partial charge in [0.05, 0.1) is 12.4 Å². The molecule has 1 aromatic heterocycles. The monoisotopic (exact) mass is 349 g/mol. The summed E-state index contributed by atoms with van der Waals surface area (Å²) in [6.45, 7) is 3.91.